The van der Waals surface area contributed by atoms with Crippen molar-refractivity contribution in [2.24, 2.45) is 11.8 Å². The summed E-state index contributed by atoms with van der Waals surface area (Å²) in [4.78, 5) is 2.39. The summed E-state index contributed by atoms with van der Waals surface area (Å²) in [6, 6.07) is 0.514. The molecule has 2 heterocycles. The highest BCUT2D eigenvalue weighted by molar-refractivity contribution is 7.11. The van der Waals surface area contributed by atoms with E-state index in [1.165, 1.54) is 18.0 Å². The van der Waals surface area contributed by atoms with E-state index in [1.807, 2.05) is 0 Å². The first-order valence-electron chi connectivity index (χ1n) is 6.10. The number of nitrogens with zero attached hydrogens (tertiary/aromatic N) is 2. The van der Waals surface area contributed by atoms with Gasteiger partial charge >= 0.3 is 0 Å². The maximum atomic E-state index is 5.82. The molecule has 0 saturated carbocycles. The zero-order chi connectivity index (χ0) is 12.6. The van der Waals surface area contributed by atoms with Gasteiger partial charge in [-0.3, -0.25) is 0 Å². The molecule has 0 aromatic carbocycles. The molecule has 0 bridgehead atoms. The van der Waals surface area contributed by atoms with Crippen LogP contribution >= 0.6 is 11.5 Å². The van der Waals surface area contributed by atoms with Crippen molar-refractivity contribution >= 4 is 22.4 Å². The molecule has 1 aromatic rings. The van der Waals surface area contributed by atoms with Gasteiger partial charge in [-0.05, 0) is 36.7 Å². The Bertz CT molecular complexity index is 393. The number of methoxy groups -OCH3 is 1. The average molecular weight is 255 g/mol. The third-order valence-electron chi connectivity index (χ3n) is 3.72. The van der Waals surface area contributed by atoms with Crippen molar-refractivity contribution in [1.82, 2.24) is 4.37 Å². The van der Waals surface area contributed by atoms with Gasteiger partial charge in [0.15, 0.2) is 16.6 Å². The van der Waals surface area contributed by atoms with Gasteiger partial charge in [-0.2, -0.15) is 4.37 Å². The number of ether oxygens (including phenoxy) is 1. The zero-order valence-corrected chi connectivity index (χ0v) is 11.8. The molecule has 1 fully saturated rings. The van der Waals surface area contributed by atoms with Gasteiger partial charge < -0.3 is 15.4 Å². The van der Waals surface area contributed by atoms with Crippen LogP contribution in [-0.2, 0) is 0 Å². The van der Waals surface area contributed by atoms with E-state index in [4.69, 9.17) is 10.5 Å². The lowest BCUT2D eigenvalue weighted by atomic mass is 9.86. The van der Waals surface area contributed by atoms with Gasteiger partial charge in [0.2, 0.25) is 0 Å². The van der Waals surface area contributed by atoms with Gasteiger partial charge in [-0.1, -0.05) is 13.8 Å². The maximum Gasteiger partial charge on any atom is 0.197 e. The summed E-state index contributed by atoms with van der Waals surface area (Å²) in [6.07, 6.45) is 1.29. The summed E-state index contributed by atoms with van der Waals surface area (Å²) in [5, 5.41) is 1.08. The second-order valence-corrected chi connectivity index (χ2v) is 5.87. The number of piperidine rings is 1. The molecule has 2 rings (SSSR count). The Labute approximate surface area is 107 Å². The summed E-state index contributed by atoms with van der Waals surface area (Å²) in [6.45, 7) is 7.94. The first kappa shape index (κ1) is 12.5. The van der Waals surface area contributed by atoms with Crippen molar-refractivity contribution in [2.45, 2.75) is 33.2 Å². The van der Waals surface area contributed by atoms with Crippen molar-refractivity contribution in [3.8, 4) is 5.75 Å². The Kier molecular flexibility index (Phi) is 3.47. The SMILES string of the molecule is COc1c(N)nsc1N1CC(C)CC(C)C1C. The van der Waals surface area contributed by atoms with E-state index in [9.17, 15) is 0 Å². The van der Waals surface area contributed by atoms with Crippen molar-refractivity contribution < 1.29 is 4.74 Å². The molecule has 4 nitrogen and oxygen atoms in total. The van der Waals surface area contributed by atoms with Gasteiger partial charge in [0.05, 0.1) is 7.11 Å². The zero-order valence-electron chi connectivity index (χ0n) is 10.9. The van der Waals surface area contributed by atoms with Crippen LogP contribution in [0.5, 0.6) is 5.75 Å². The van der Waals surface area contributed by atoms with Crippen molar-refractivity contribution in [3.63, 3.8) is 0 Å². The second kappa shape index (κ2) is 4.72. The lowest BCUT2D eigenvalue weighted by Gasteiger charge is -2.41. The van der Waals surface area contributed by atoms with E-state index in [1.54, 1.807) is 7.11 Å². The fourth-order valence-electron chi connectivity index (χ4n) is 2.64. The van der Waals surface area contributed by atoms with Gasteiger partial charge in [0.25, 0.3) is 0 Å². The molecule has 17 heavy (non-hydrogen) atoms. The highest BCUT2D eigenvalue weighted by Crippen LogP contribution is 2.42. The van der Waals surface area contributed by atoms with Gasteiger partial charge in [-0.25, -0.2) is 0 Å². The average Bonchev–Trinajstić information content (AvgIpc) is 2.64. The third-order valence-corrected chi connectivity index (χ3v) is 4.60. The quantitative estimate of drug-likeness (QED) is 0.882. The minimum absolute atomic E-state index is 0.505. The summed E-state index contributed by atoms with van der Waals surface area (Å²) in [7, 11) is 1.66. The van der Waals surface area contributed by atoms with Crippen molar-refractivity contribution in [3.05, 3.63) is 0 Å². The number of nitrogen functional groups attached to an aromatic ring is 1. The first-order valence-corrected chi connectivity index (χ1v) is 6.87. The molecular formula is C12H21N3OS. The number of nitrogens with two attached hydrogens (primary N) is 1. The minimum Gasteiger partial charge on any atom is -0.490 e. The largest absolute Gasteiger partial charge is 0.490 e. The number of aromatic nitrogens is 1. The molecule has 2 N–H and O–H groups in total. The van der Waals surface area contributed by atoms with E-state index < -0.39 is 0 Å². The van der Waals surface area contributed by atoms with E-state index in [0.29, 0.717) is 23.7 Å². The summed E-state index contributed by atoms with van der Waals surface area (Å²) in [5.74, 6) is 2.63. The maximum absolute atomic E-state index is 5.82. The van der Waals surface area contributed by atoms with Crippen LogP contribution in [0.2, 0.25) is 0 Å². The molecule has 96 valence electrons. The highest BCUT2D eigenvalue weighted by Gasteiger charge is 2.32. The van der Waals surface area contributed by atoms with E-state index in [-0.39, 0.29) is 0 Å². The van der Waals surface area contributed by atoms with Gasteiger partial charge in [0.1, 0.15) is 0 Å². The Morgan fingerprint density at radius 1 is 1.41 bits per heavy atom. The van der Waals surface area contributed by atoms with E-state index >= 15 is 0 Å². The van der Waals surface area contributed by atoms with Gasteiger partial charge in [0, 0.05) is 12.6 Å². The molecule has 0 amide bonds. The molecule has 0 aliphatic carbocycles. The highest BCUT2D eigenvalue weighted by atomic mass is 32.1. The Balaban J connectivity index is 2.31. The summed E-state index contributed by atoms with van der Waals surface area (Å²) < 4.78 is 9.57. The Morgan fingerprint density at radius 3 is 2.76 bits per heavy atom. The molecule has 1 saturated heterocycles. The number of hydrogen-bond acceptors (Lipinski definition) is 5. The van der Waals surface area contributed by atoms with E-state index in [2.05, 4.69) is 30.0 Å². The molecular weight excluding hydrogens is 234 g/mol. The first-order chi connectivity index (χ1) is 8.04. The molecule has 3 atom stereocenters. The standard InChI is InChI=1S/C12H21N3OS/c1-7-5-8(2)9(3)15(6-7)12-10(16-4)11(13)14-17-12/h7-9H,5-6H2,1-4H3,(H2,13,14). The molecule has 1 aliphatic rings. The predicted molar refractivity (Wildman–Crippen MR) is 72.8 cm³/mol. The smallest absolute Gasteiger partial charge is 0.197 e. The minimum atomic E-state index is 0.505. The fraction of sp³-hybridized carbons (Fsp3) is 0.750. The topological polar surface area (TPSA) is 51.4 Å². The Hall–Kier alpha value is -0.970. The summed E-state index contributed by atoms with van der Waals surface area (Å²) in [5.41, 5.74) is 5.82. The van der Waals surface area contributed by atoms with Crippen LogP contribution in [-0.4, -0.2) is 24.1 Å². The third kappa shape index (κ3) is 2.20. The van der Waals surface area contributed by atoms with Crippen LogP contribution in [0.3, 0.4) is 0 Å². The van der Waals surface area contributed by atoms with Crippen LogP contribution in [0.15, 0.2) is 0 Å². The second-order valence-electron chi connectivity index (χ2n) is 5.12. The molecule has 0 spiro atoms. The number of rotatable bonds is 2. The van der Waals surface area contributed by atoms with Crippen LogP contribution in [0.25, 0.3) is 0 Å². The fourth-order valence-corrected chi connectivity index (χ4v) is 3.53. The van der Waals surface area contributed by atoms with Crippen molar-refractivity contribution in [1.29, 1.82) is 0 Å². The van der Waals surface area contributed by atoms with Crippen LogP contribution < -0.4 is 15.4 Å². The van der Waals surface area contributed by atoms with Crippen LogP contribution in [0.1, 0.15) is 27.2 Å². The number of anilines is 2. The number of hydrogen-bond donors (Lipinski definition) is 1. The van der Waals surface area contributed by atoms with Crippen LogP contribution in [0, 0.1) is 11.8 Å². The summed E-state index contributed by atoms with van der Waals surface area (Å²) >= 11 is 1.44. The molecule has 0 radical (unpaired) electrons. The molecule has 1 aliphatic heterocycles. The lowest BCUT2D eigenvalue weighted by molar-refractivity contribution is 0.295. The monoisotopic (exact) mass is 255 g/mol. The lowest BCUT2D eigenvalue weighted by Crippen LogP contribution is -2.45. The predicted octanol–water partition coefficient (Wildman–Crippen LogP) is 2.60. The van der Waals surface area contributed by atoms with E-state index in [0.717, 1.165) is 17.3 Å². The Morgan fingerprint density at radius 2 is 2.12 bits per heavy atom. The van der Waals surface area contributed by atoms with Gasteiger partial charge in [-0.15, -0.1) is 0 Å². The van der Waals surface area contributed by atoms with Crippen molar-refractivity contribution in [2.75, 3.05) is 24.3 Å². The molecule has 3 unspecified atom stereocenters. The molecule has 5 heteroatoms. The normalized spacial score (nSPS) is 29.4. The molecule has 1 aromatic heterocycles. The van der Waals surface area contributed by atoms with Crippen LogP contribution in [0.4, 0.5) is 10.8 Å².